The molecule has 0 aliphatic heterocycles. The molecule has 0 unspecified atom stereocenters. The quantitative estimate of drug-likeness (QED) is 0.828. The van der Waals surface area contributed by atoms with Gasteiger partial charge < -0.3 is 5.73 Å². The van der Waals surface area contributed by atoms with Crippen LogP contribution in [0.5, 0.6) is 0 Å². The van der Waals surface area contributed by atoms with E-state index in [-0.39, 0.29) is 0 Å². The van der Waals surface area contributed by atoms with Gasteiger partial charge in [-0.3, -0.25) is 4.90 Å². The smallest absolute Gasteiger partial charge is 0.0330 e. The zero-order valence-electron chi connectivity index (χ0n) is 10.9. The lowest BCUT2D eigenvalue weighted by Gasteiger charge is -2.27. The molecule has 1 aromatic rings. The fraction of sp³-hybridized carbons (Fsp3) is 0.692. The number of nitrogens with two attached hydrogens (primary N) is 1. The normalized spacial score (nSPS) is 12.0. The van der Waals surface area contributed by atoms with Crippen molar-refractivity contribution in [2.75, 3.05) is 6.54 Å². The highest BCUT2D eigenvalue weighted by Crippen LogP contribution is 2.19. The largest absolute Gasteiger partial charge is 0.326 e. The molecule has 1 aromatic heterocycles. The van der Waals surface area contributed by atoms with E-state index in [1.807, 2.05) is 11.3 Å². The highest BCUT2D eigenvalue weighted by molar-refractivity contribution is 7.11. The van der Waals surface area contributed by atoms with Crippen LogP contribution in [0.1, 0.15) is 37.4 Å². The van der Waals surface area contributed by atoms with Gasteiger partial charge in [0.1, 0.15) is 0 Å². The molecular formula is C13H24N2S. The summed E-state index contributed by atoms with van der Waals surface area (Å²) in [6, 6.07) is 4.96. The minimum atomic E-state index is 0.603. The maximum Gasteiger partial charge on any atom is 0.0330 e. The molecular weight excluding hydrogens is 216 g/mol. The Bertz CT molecular complexity index is 305. The van der Waals surface area contributed by atoms with E-state index in [4.69, 9.17) is 5.73 Å². The van der Waals surface area contributed by atoms with Crippen LogP contribution in [-0.4, -0.2) is 17.5 Å². The third-order valence-electron chi connectivity index (χ3n) is 2.61. The van der Waals surface area contributed by atoms with E-state index in [2.05, 4.69) is 44.7 Å². The van der Waals surface area contributed by atoms with Gasteiger partial charge in [-0.25, -0.2) is 0 Å². The topological polar surface area (TPSA) is 29.3 Å². The van der Waals surface area contributed by atoms with Crippen LogP contribution < -0.4 is 5.73 Å². The Balaban J connectivity index is 2.60. The van der Waals surface area contributed by atoms with Gasteiger partial charge in [-0.15, -0.1) is 11.3 Å². The van der Waals surface area contributed by atoms with Crippen molar-refractivity contribution >= 4 is 11.3 Å². The summed E-state index contributed by atoms with van der Waals surface area (Å²) in [5.74, 6) is 0.719. The van der Waals surface area contributed by atoms with Crippen LogP contribution in [0.4, 0.5) is 0 Å². The van der Waals surface area contributed by atoms with Crippen LogP contribution in [0.2, 0.25) is 0 Å². The summed E-state index contributed by atoms with van der Waals surface area (Å²) < 4.78 is 0. The first kappa shape index (κ1) is 13.7. The molecule has 1 heterocycles. The lowest BCUT2D eigenvalue weighted by atomic mass is 10.2. The molecule has 0 aliphatic carbocycles. The van der Waals surface area contributed by atoms with Gasteiger partial charge >= 0.3 is 0 Å². The molecule has 0 aliphatic rings. The number of thiophene rings is 1. The number of rotatable bonds is 6. The van der Waals surface area contributed by atoms with Crippen molar-refractivity contribution < 1.29 is 0 Å². The van der Waals surface area contributed by atoms with E-state index in [1.165, 1.54) is 9.75 Å². The van der Waals surface area contributed by atoms with Crippen LogP contribution in [0.3, 0.4) is 0 Å². The molecule has 2 N–H and O–H groups in total. The molecule has 16 heavy (non-hydrogen) atoms. The average molecular weight is 240 g/mol. The fourth-order valence-electron chi connectivity index (χ4n) is 1.74. The zero-order valence-corrected chi connectivity index (χ0v) is 11.7. The summed E-state index contributed by atoms with van der Waals surface area (Å²) >= 11 is 1.84. The molecule has 0 spiro atoms. The Labute approximate surface area is 103 Å². The Morgan fingerprint density at radius 2 is 1.81 bits per heavy atom. The first-order valence-electron chi connectivity index (χ1n) is 6.04. The van der Waals surface area contributed by atoms with E-state index < -0.39 is 0 Å². The Hall–Kier alpha value is -0.380. The van der Waals surface area contributed by atoms with Gasteiger partial charge in [0.2, 0.25) is 0 Å². The van der Waals surface area contributed by atoms with Crippen LogP contribution in [-0.2, 0) is 13.1 Å². The third-order valence-corrected chi connectivity index (χ3v) is 3.70. The second kappa shape index (κ2) is 6.38. The first-order valence-corrected chi connectivity index (χ1v) is 6.86. The standard InChI is InChI=1S/C13H24N2S/c1-10(2)8-15(11(3)4)9-13-6-5-12(7-14)16-13/h5-6,10-11H,7-9,14H2,1-4H3. The van der Waals surface area contributed by atoms with Gasteiger partial charge in [-0.2, -0.15) is 0 Å². The predicted octanol–water partition coefficient (Wildman–Crippen LogP) is 3.07. The van der Waals surface area contributed by atoms with Gasteiger partial charge in [0.25, 0.3) is 0 Å². The second-order valence-corrected chi connectivity index (χ2v) is 6.24. The van der Waals surface area contributed by atoms with Crippen LogP contribution in [0.15, 0.2) is 12.1 Å². The molecule has 0 saturated carbocycles. The van der Waals surface area contributed by atoms with Crippen molar-refractivity contribution in [1.82, 2.24) is 4.90 Å². The summed E-state index contributed by atoms with van der Waals surface area (Å²) in [6.07, 6.45) is 0. The third kappa shape index (κ3) is 4.24. The predicted molar refractivity (Wildman–Crippen MR) is 72.6 cm³/mol. The summed E-state index contributed by atoms with van der Waals surface area (Å²) in [4.78, 5) is 5.23. The SMILES string of the molecule is CC(C)CN(Cc1ccc(CN)s1)C(C)C. The molecule has 92 valence electrons. The first-order chi connectivity index (χ1) is 7.52. The molecule has 1 rings (SSSR count). The van der Waals surface area contributed by atoms with Crippen molar-refractivity contribution in [3.05, 3.63) is 21.9 Å². The van der Waals surface area contributed by atoms with E-state index in [1.54, 1.807) is 0 Å². The molecule has 0 aromatic carbocycles. The Morgan fingerprint density at radius 3 is 2.25 bits per heavy atom. The van der Waals surface area contributed by atoms with Crippen LogP contribution >= 0.6 is 11.3 Å². The van der Waals surface area contributed by atoms with Crippen LogP contribution in [0, 0.1) is 5.92 Å². The molecule has 0 amide bonds. The van der Waals surface area contributed by atoms with Gasteiger partial charge in [0.15, 0.2) is 0 Å². The highest BCUT2D eigenvalue weighted by Gasteiger charge is 2.12. The van der Waals surface area contributed by atoms with E-state index in [9.17, 15) is 0 Å². The molecule has 0 fully saturated rings. The van der Waals surface area contributed by atoms with Crippen molar-refractivity contribution in [1.29, 1.82) is 0 Å². The number of nitrogens with zero attached hydrogens (tertiary/aromatic N) is 1. The van der Waals surface area contributed by atoms with Gasteiger partial charge in [0.05, 0.1) is 0 Å². The summed E-state index contributed by atoms with van der Waals surface area (Å²) in [7, 11) is 0. The monoisotopic (exact) mass is 240 g/mol. The second-order valence-electron chi connectivity index (χ2n) is 4.99. The molecule has 0 atom stereocenters. The zero-order chi connectivity index (χ0) is 12.1. The van der Waals surface area contributed by atoms with Crippen LogP contribution in [0.25, 0.3) is 0 Å². The minimum absolute atomic E-state index is 0.603. The Kier molecular flexibility index (Phi) is 5.46. The summed E-state index contributed by atoms with van der Waals surface area (Å²) in [5.41, 5.74) is 5.63. The van der Waals surface area contributed by atoms with Gasteiger partial charge in [-0.1, -0.05) is 13.8 Å². The van der Waals surface area contributed by atoms with Crippen molar-refractivity contribution in [2.45, 2.75) is 46.8 Å². The minimum Gasteiger partial charge on any atom is -0.326 e. The average Bonchev–Trinajstić information content (AvgIpc) is 2.63. The van der Waals surface area contributed by atoms with E-state index in [0.717, 1.165) is 19.0 Å². The highest BCUT2D eigenvalue weighted by atomic mass is 32.1. The fourth-order valence-corrected chi connectivity index (χ4v) is 2.67. The molecule has 3 heteroatoms. The number of hydrogen-bond donors (Lipinski definition) is 1. The molecule has 0 radical (unpaired) electrons. The maximum atomic E-state index is 5.63. The Morgan fingerprint density at radius 1 is 1.19 bits per heavy atom. The van der Waals surface area contributed by atoms with Crippen molar-refractivity contribution in [3.63, 3.8) is 0 Å². The number of hydrogen-bond acceptors (Lipinski definition) is 3. The van der Waals surface area contributed by atoms with Crippen molar-refractivity contribution in [3.8, 4) is 0 Å². The summed E-state index contributed by atoms with van der Waals surface area (Å²) in [6.45, 7) is 12.0. The maximum absolute atomic E-state index is 5.63. The van der Waals surface area contributed by atoms with Gasteiger partial charge in [0, 0.05) is 35.4 Å². The summed E-state index contributed by atoms with van der Waals surface area (Å²) in [5, 5.41) is 0. The van der Waals surface area contributed by atoms with E-state index >= 15 is 0 Å². The van der Waals surface area contributed by atoms with E-state index in [0.29, 0.717) is 12.6 Å². The molecule has 0 bridgehead atoms. The van der Waals surface area contributed by atoms with Crippen molar-refractivity contribution in [2.24, 2.45) is 11.7 Å². The van der Waals surface area contributed by atoms with Gasteiger partial charge in [-0.05, 0) is 31.9 Å². The molecule has 0 saturated heterocycles. The molecule has 2 nitrogen and oxygen atoms in total. The lowest BCUT2D eigenvalue weighted by molar-refractivity contribution is 0.191. The lowest BCUT2D eigenvalue weighted by Crippen LogP contribution is -2.33.